The van der Waals surface area contributed by atoms with Gasteiger partial charge in [0, 0.05) is 16.3 Å². The third-order valence-corrected chi connectivity index (χ3v) is 4.79. The first-order valence-electron chi connectivity index (χ1n) is 6.21. The number of rotatable bonds is 4. The van der Waals surface area contributed by atoms with Crippen molar-refractivity contribution in [1.82, 2.24) is 5.32 Å². The van der Waals surface area contributed by atoms with Crippen LogP contribution in [-0.2, 0) is 11.2 Å². The van der Waals surface area contributed by atoms with Gasteiger partial charge < -0.3 is 10.1 Å². The second-order valence-electron chi connectivity index (χ2n) is 4.64. The van der Waals surface area contributed by atoms with Gasteiger partial charge in [-0.15, -0.1) is 0 Å². The number of nitriles is 1. The molecule has 0 aromatic heterocycles. The van der Waals surface area contributed by atoms with Crippen LogP contribution in [0.5, 0.6) is 5.75 Å². The average Bonchev–Trinajstić information content (AvgIpc) is 2.90. The lowest BCUT2D eigenvalue weighted by Crippen LogP contribution is -2.48. The van der Waals surface area contributed by atoms with Crippen LogP contribution in [0, 0.1) is 11.3 Å². The molecule has 4 nitrogen and oxygen atoms in total. The Kier molecular flexibility index (Phi) is 4.79. The van der Waals surface area contributed by atoms with Gasteiger partial charge in [-0.05, 0) is 24.3 Å². The van der Waals surface area contributed by atoms with E-state index in [1.54, 1.807) is 30.0 Å². The van der Waals surface area contributed by atoms with E-state index in [1.807, 2.05) is 0 Å². The molecule has 20 heavy (non-hydrogen) atoms. The van der Waals surface area contributed by atoms with Gasteiger partial charge in [0.05, 0.1) is 19.6 Å². The Morgan fingerprint density at radius 1 is 1.65 bits per heavy atom. The molecule has 6 heteroatoms. The topological polar surface area (TPSA) is 62.1 Å². The highest BCUT2D eigenvalue weighted by Crippen LogP contribution is 2.29. The van der Waals surface area contributed by atoms with Crippen LogP contribution < -0.4 is 10.1 Å². The Bertz CT molecular complexity index is 551. The molecule has 0 saturated carbocycles. The number of hydrogen-bond acceptors (Lipinski definition) is 4. The van der Waals surface area contributed by atoms with Crippen LogP contribution in [0.1, 0.15) is 12.0 Å². The predicted molar refractivity (Wildman–Crippen MR) is 80.1 cm³/mol. The first-order chi connectivity index (χ1) is 9.60. The van der Waals surface area contributed by atoms with Crippen LogP contribution in [0.2, 0.25) is 5.02 Å². The lowest BCUT2D eigenvalue weighted by atomic mass is 10.0. The van der Waals surface area contributed by atoms with Crippen LogP contribution in [0.4, 0.5) is 0 Å². The van der Waals surface area contributed by atoms with Gasteiger partial charge in [0.1, 0.15) is 11.3 Å². The van der Waals surface area contributed by atoms with Gasteiger partial charge >= 0.3 is 0 Å². The molecule has 1 aromatic rings. The molecule has 1 heterocycles. The summed E-state index contributed by atoms with van der Waals surface area (Å²) in [5.41, 5.74) is -0.0936. The Hall–Kier alpha value is -1.38. The number of nitrogens with one attached hydrogen (secondary N) is 1. The monoisotopic (exact) mass is 310 g/mol. The maximum Gasteiger partial charge on any atom is 0.225 e. The van der Waals surface area contributed by atoms with Crippen molar-refractivity contribution in [2.75, 3.05) is 18.6 Å². The molecule has 1 aliphatic heterocycles. The lowest BCUT2D eigenvalue weighted by molar-refractivity contribution is -0.121. The molecule has 1 aromatic carbocycles. The highest BCUT2D eigenvalue weighted by molar-refractivity contribution is 7.99. The van der Waals surface area contributed by atoms with Gasteiger partial charge in [-0.25, -0.2) is 0 Å². The molecule has 106 valence electrons. The molecule has 0 radical (unpaired) electrons. The Morgan fingerprint density at radius 3 is 3.05 bits per heavy atom. The number of amides is 1. The van der Waals surface area contributed by atoms with Crippen molar-refractivity contribution in [3.05, 3.63) is 28.8 Å². The van der Waals surface area contributed by atoms with Gasteiger partial charge in [-0.1, -0.05) is 17.7 Å². The van der Waals surface area contributed by atoms with E-state index in [-0.39, 0.29) is 12.3 Å². The van der Waals surface area contributed by atoms with Crippen molar-refractivity contribution in [1.29, 1.82) is 5.26 Å². The molecule has 2 rings (SSSR count). The maximum absolute atomic E-state index is 12.2. The second kappa shape index (κ2) is 6.38. The standard InChI is InChI=1S/C14H15ClN2O2S/c1-19-12-4-2-3-11(15)10(12)7-13(18)17-14(8-16)5-6-20-9-14/h2-4H,5-7,9H2,1H3,(H,17,18)/t14-/m1/s1. The number of nitrogens with zero attached hydrogens (tertiary/aromatic N) is 1. The van der Waals surface area contributed by atoms with E-state index in [4.69, 9.17) is 16.3 Å². The summed E-state index contributed by atoms with van der Waals surface area (Å²) in [7, 11) is 1.54. The number of carbonyl (C=O) groups excluding carboxylic acids is 1. The van der Waals surface area contributed by atoms with Gasteiger partial charge in [0.25, 0.3) is 0 Å². The lowest BCUT2D eigenvalue weighted by Gasteiger charge is -2.21. The van der Waals surface area contributed by atoms with E-state index in [9.17, 15) is 10.1 Å². The number of methoxy groups -OCH3 is 1. The normalized spacial score (nSPS) is 21.2. The number of carbonyl (C=O) groups is 1. The van der Waals surface area contributed by atoms with Crippen LogP contribution in [0.25, 0.3) is 0 Å². The summed E-state index contributed by atoms with van der Waals surface area (Å²) >= 11 is 7.79. The zero-order chi connectivity index (χ0) is 14.6. The third-order valence-electron chi connectivity index (χ3n) is 3.25. The molecule has 0 aliphatic carbocycles. The summed E-state index contributed by atoms with van der Waals surface area (Å²) in [5.74, 6) is 1.90. The second-order valence-corrected chi connectivity index (χ2v) is 6.15. The molecule has 0 unspecified atom stereocenters. The van der Waals surface area contributed by atoms with E-state index in [0.29, 0.717) is 28.5 Å². The smallest absolute Gasteiger partial charge is 0.225 e. The SMILES string of the molecule is COc1cccc(Cl)c1CC(=O)N[C@@]1(C#N)CCSC1. The molecule has 1 N–H and O–H groups in total. The highest BCUT2D eigenvalue weighted by atomic mass is 35.5. The van der Waals surface area contributed by atoms with Crippen molar-refractivity contribution in [2.45, 2.75) is 18.4 Å². The van der Waals surface area contributed by atoms with E-state index in [0.717, 1.165) is 5.75 Å². The molecule has 1 atom stereocenters. The minimum Gasteiger partial charge on any atom is -0.496 e. The van der Waals surface area contributed by atoms with Gasteiger partial charge in [0.15, 0.2) is 0 Å². The Labute approximate surface area is 127 Å². The quantitative estimate of drug-likeness (QED) is 0.927. The summed E-state index contributed by atoms with van der Waals surface area (Å²) in [6, 6.07) is 7.48. The minimum atomic E-state index is -0.740. The first-order valence-corrected chi connectivity index (χ1v) is 7.75. The summed E-state index contributed by atoms with van der Waals surface area (Å²) < 4.78 is 5.21. The number of benzene rings is 1. The summed E-state index contributed by atoms with van der Waals surface area (Å²) in [6.45, 7) is 0. The predicted octanol–water partition coefficient (Wildman–Crippen LogP) is 2.41. The van der Waals surface area contributed by atoms with Crippen LogP contribution >= 0.6 is 23.4 Å². The summed E-state index contributed by atoms with van der Waals surface area (Å²) in [5, 5.41) is 12.6. The first kappa shape index (κ1) is 15.0. The maximum atomic E-state index is 12.2. The van der Waals surface area contributed by atoms with E-state index in [1.165, 1.54) is 7.11 Å². The molecule has 1 saturated heterocycles. The zero-order valence-corrected chi connectivity index (χ0v) is 12.7. The Morgan fingerprint density at radius 2 is 2.45 bits per heavy atom. The van der Waals surface area contributed by atoms with E-state index < -0.39 is 5.54 Å². The van der Waals surface area contributed by atoms with Gasteiger partial charge in [-0.3, -0.25) is 4.79 Å². The molecule has 1 fully saturated rings. The van der Waals surface area contributed by atoms with Gasteiger partial charge in [-0.2, -0.15) is 17.0 Å². The average molecular weight is 311 g/mol. The zero-order valence-electron chi connectivity index (χ0n) is 11.1. The van der Waals surface area contributed by atoms with E-state index in [2.05, 4.69) is 11.4 Å². The minimum absolute atomic E-state index is 0.108. The van der Waals surface area contributed by atoms with E-state index >= 15 is 0 Å². The number of thioether (sulfide) groups is 1. The van der Waals surface area contributed by atoms with Crippen molar-refractivity contribution in [3.8, 4) is 11.8 Å². The Balaban J connectivity index is 2.11. The number of ether oxygens (including phenoxy) is 1. The largest absolute Gasteiger partial charge is 0.496 e. The fraction of sp³-hybridized carbons (Fsp3) is 0.429. The summed E-state index contributed by atoms with van der Waals surface area (Å²) in [4.78, 5) is 12.2. The van der Waals surface area contributed by atoms with Crippen LogP contribution in [-0.4, -0.2) is 30.1 Å². The highest BCUT2D eigenvalue weighted by Gasteiger charge is 2.36. The number of halogens is 1. The number of hydrogen-bond donors (Lipinski definition) is 1. The molecular formula is C14H15ClN2O2S. The third kappa shape index (κ3) is 3.20. The van der Waals surface area contributed by atoms with Crippen molar-refractivity contribution >= 4 is 29.3 Å². The molecule has 0 spiro atoms. The fourth-order valence-electron chi connectivity index (χ4n) is 2.15. The van der Waals surface area contributed by atoms with Crippen molar-refractivity contribution in [2.24, 2.45) is 0 Å². The molecule has 1 aliphatic rings. The van der Waals surface area contributed by atoms with Crippen molar-refractivity contribution < 1.29 is 9.53 Å². The van der Waals surface area contributed by atoms with Gasteiger partial charge in [0.2, 0.25) is 5.91 Å². The fourth-order valence-corrected chi connectivity index (χ4v) is 3.65. The molecular weight excluding hydrogens is 296 g/mol. The van der Waals surface area contributed by atoms with Crippen molar-refractivity contribution in [3.63, 3.8) is 0 Å². The molecule has 0 bridgehead atoms. The summed E-state index contributed by atoms with van der Waals surface area (Å²) in [6.07, 6.45) is 0.788. The van der Waals surface area contributed by atoms with Crippen LogP contribution in [0.3, 0.4) is 0 Å². The van der Waals surface area contributed by atoms with Crippen LogP contribution in [0.15, 0.2) is 18.2 Å². The molecule has 1 amide bonds.